The van der Waals surface area contributed by atoms with E-state index in [1.165, 1.54) is 0 Å². The van der Waals surface area contributed by atoms with Gasteiger partial charge in [0, 0.05) is 23.5 Å². The second kappa shape index (κ2) is 8.49. The Hall–Kier alpha value is -3.14. The van der Waals surface area contributed by atoms with Crippen molar-refractivity contribution in [3.63, 3.8) is 0 Å². The molecular formula is C20H21N3O4. The van der Waals surface area contributed by atoms with Gasteiger partial charge >= 0.3 is 5.97 Å². The predicted octanol–water partition coefficient (Wildman–Crippen LogP) is 2.29. The van der Waals surface area contributed by atoms with Crippen LogP contribution in [0, 0.1) is 24.7 Å². The third kappa shape index (κ3) is 4.94. The van der Waals surface area contributed by atoms with Crippen molar-refractivity contribution in [3.05, 3.63) is 41.6 Å². The number of hydrogen-bond acceptors (Lipinski definition) is 7. The number of carbonyl (C=O) groups excluding carboxylic acids is 1. The van der Waals surface area contributed by atoms with Crippen molar-refractivity contribution in [2.24, 2.45) is 5.92 Å². The summed E-state index contributed by atoms with van der Waals surface area (Å²) in [6.45, 7) is 4.29. The zero-order chi connectivity index (χ0) is 19.2. The SMILES string of the molecule is CCOC(=O)C#Cc1cnc(C)nc1OCC1C[C@@H]1c1ccc(OC)cn1. The van der Waals surface area contributed by atoms with Crippen LogP contribution in [0.1, 0.15) is 36.3 Å². The minimum atomic E-state index is -0.586. The summed E-state index contributed by atoms with van der Waals surface area (Å²) in [5.74, 6) is 6.99. The highest BCUT2D eigenvalue weighted by Crippen LogP contribution is 2.46. The van der Waals surface area contributed by atoms with Crippen LogP contribution in [0.3, 0.4) is 0 Å². The molecule has 2 aromatic rings. The van der Waals surface area contributed by atoms with E-state index in [-0.39, 0.29) is 6.61 Å². The van der Waals surface area contributed by atoms with Crippen LogP contribution in [-0.2, 0) is 9.53 Å². The molecule has 0 saturated heterocycles. The van der Waals surface area contributed by atoms with Gasteiger partial charge in [0.25, 0.3) is 0 Å². The quantitative estimate of drug-likeness (QED) is 0.572. The number of methoxy groups -OCH3 is 1. The maximum Gasteiger partial charge on any atom is 0.384 e. The molecule has 0 spiro atoms. The highest BCUT2D eigenvalue weighted by atomic mass is 16.5. The molecular weight excluding hydrogens is 346 g/mol. The molecule has 27 heavy (non-hydrogen) atoms. The first kappa shape index (κ1) is 18.6. The highest BCUT2D eigenvalue weighted by molar-refractivity contribution is 5.89. The molecule has 0 aromatic carbocycles. The molecule has 0 N–H and O–H groups in total. The molecule has 1 aliphatic carbocycles. The Morgan fingerprint density at radius 1 is 1.30 bits per heavy atom. The Bertz CT molecular complexity index is 871. The zero-order valence-corrected chi connectivity index (χ0v) is 15.6. The second-order valence-corrected chi connectivity index (χ2v) is 6.14. The molecule has 1 saturated carbocycles. The standard InChI is InChI=1S/C20H21N3O4/c1-4-26-19(24)8-5-14-10-21-13(2)23-20(14)27-12-15-9-17(15)18-7-6-16(25-3)11-22-18/h6-7,10-11,15,17H,4,9,12H2,1-3H3/t15?,17-/m0/s1. The number of pyridine rings is 1. The number of ether oxygens (including phenoxy) is 3. The molecule has 1 aliphatic rings. The number of rotatable bonds is 6. The van der Waals surface area contributed by atoms with Crippen molar-refractivity contribution in [2.75, 3.05) is 20.3 Å². The van der Waals surface area contributed by atoms with Crippen molar-refractivity contribution in [1.82, 2.24) is 15.0 Å². The Balaban J connectivity index is 1.62. The van der Waals surface area contributed by atoms with E-state index in [4.69, 9.17) is 14.2 Å². The van der Waals surface area contributed by atoms with E-state index < -0.39 is 5.97 Å². The maximum absolute atomic E-state index is 11.4. The summed E-state index contributed by atoms with van der Waals surface area (Å²) >= 11 is 0. The van der Waals surface area contributed by atoms with E-state index in [9.17, 15) is 4.79 Å². The lowest BCUT2D eigenvalue weighted by molar-refractivity contribution is -0.136. The molecule has 140 valence electrons. The highest BCUT2D eigenvalue weighted by Gasteiger charge is 2.40. The average molecular weight is 367 g/mol. The summed E-state index contributed by atoms with van der Waals surface area (Å²) in [6, 6.07) is 3.89. The van der Waals surface area contributed by atoms with E-state index in [2.05, 4.69) is 26.8 Å². The first-order valence-electron chi connectivity index (χ1n) is 8.75. The van der Waals surface area contributed by atoms with Gasteiger partial charge in [-0.3, -0.25) is 4.98 Å². The molecule has 7 nitrogen and oxygen atoms in total. The van der Waals surface area contributed by atoms with E-state index in [0.29, 0.717) is 35.7 Å². The largest absolute Gasteiger partial charge is 0.495 e. The minimum absolute atomic E-state index is 0.281. The van der Waals surface area contributed by atoms with Crippen LogP contribution >= 0.6 is 0 Å². The van der Waals surface area contributed by atoms with Crippen LogP contribution in [-0.4, -0.2) is 41.2 Å². The Kier molecular flexibility index (Phi) is 5.87. The third-order valence-corrected chi connectivity index (χ3v) is 4.18. The summed E-state index contributed by atoms with van der Waals surface area (Å²) in [7, 11) is 1.62. The summed E-state index contributed by atoms with van der Waals surface area (Å²) < 4.78 is 15.8. The summed E-state index contributed by atoms with van der Waals surface area (Å²) in [5.41, 5.74) is 1.50. The van der Waals surface area contributed by atoms with Gasteiger partial charge in [0.2, 0.25) is 5.88 Å². The molecule has 0 aliphatic heterocycles. The zero-order valence-electron chi connectivity index (χ0n) is 15.6. The van der Waals surface area contributed by atoms with Crippen LogP contribution < -0.4 is 9.47 Å². The van der Waals surface area contributed by atoms with Gasteiger partial charge in [-0.1, -0.05) is 0 Å². The number of aromatic nitrogens is 3. The predicted molar refractivity (Wildman–Crippen MR) is 97.4 cm³/mol. The van der Waals surface area contributed by atoms with Gasteiger partial charge in [-0.2, -0.15) is 4.98 Å². The van der Waals surface area contributed by atoms with E-state index in [1.54, 1.807) is 33.4 Å². The van der Waals surface area contributed by atoms with Crippen LogP contribution in [0.5, 0.6) is 11.6 Å². The lowest BCUT2D eigenvalue weighted by atomic mass is 10.2. The summed E-state index contributed by atoms with van der Waals surface area (Å²) in [6.07, 6.45) is 4.29. The van der Waals surface area contributed by atoms with Crippen LogP contribution in [0.15, 0.2) is 24.5 Å². The first-order valence-corrected chi connectivity index (χ1v) is 8.75. The Morgan fingerprint density at radius 2 is 2.15 bits per heavy atom. The van der Waals surface area contributed by atoms with Gasteiger partial charge in [0.05, 0.1) is 32.7 Å². The normalized spacial score (nSPS) is 17.4. The molecule has 0 bridgehead atoms. The smallest absolute Gasteiger partial charge is 0.384 e. The molecule has 2 heterocycles. The third-order valence-electron chi connectivity index (χ3n) is 4.18. The minimum Gasteiger partial charge on any atom is -0.495 e. The number of nitrogens with zero attached hydrogens (tertiary/aromatic N) is 3. The second-order valence-electron chi connectivity index (χ2n) is 6.14. The van der Waals surface area contributed by atoms with Crippen LogP contribution in [0.4, 0.5) is 0 Å². The van der Waals surface area contributed by atoms with Gasteiger partial charge in [-0.05, 0) is 38.3 Å². The van der Waals surface area contributed by atoms with E-state index in [0.717, 1.165) is 17.9 Å². The van der Waals surface area contributed by atoms with Gasteiger partial charge in [-0.15, -0.1) is 0 Å². The van der Waals surface area contributed by atoms with Crippen molar-refractivity contribution < 1.29 is 19.0 Å². The lowest BCUT2D eigenvalue weighted by Gasteiger charge is -2.07. The maximum atomic E-state index is 11.4. The first-order chi connectivity index (χ1) is 13.1. The fourth-order valence-corrected chi connectivity index (χ4v) is 2.64. The molecule has 2 atom stereocenters. The molecule has 7 heteroatoms. The van der Waals surface area contributed by atoms with E-state index >= 15 is 0 Å². The molecule has 0 amide bonds. The number of aryl methyl sites for hydroxylation is 1. The van der Waals surface area contributed by atoms with Crippen molar-refractivity contribution in [1.29, 1.82) is 0 Å². The van der Waals surface area contributed by atoms with Gasteiger partial charge in [0.1, 0.15) is 17.1 Å². The van der Waals surface area contributed by atoms with Crippen molar-refractivity contribution in [3.8, 4) is 23.5 Å². The molecule has 1 fully saturated rings. The monoisotopic (exact) mass is 367 g/mol. The topological polar surface area (TPSA) is 83.4 Å². The Morgan fingerprint density at radius 3 is 2.85 bits per heavy atom. The molecule has 3 rings (SSSR count). The molecule has 1 unspecified atom stereocenters. The molecule has 2 aromatic heterocycles. The van der Waals surface area contributed by atoms with Crippen molar-refractivity contribution in [2.45, 2.75) is 26.2 Å². The number of carbonyl (C=O) groups is 1. The fraction of sp³-hybridized carbons (Fsp3) is 0.400. The average Bonchev–Trinajstić information content (AvgIpc) is 3.45. The van der Waals surface area contributed by atoms with E-state index in [1.807, 2.05) is 12.1 Å². The lowest BCUT2D eigenvalue weighted by Crippen LogP contribution is -2.06. The fourth-order valence-electron chi connectivity index (χ4n) is 2.64. The summed E-state index contributed by atoms with van der Waals surface area (Å²) in [5, 5.41) is 0. The van der Waals surface area contributed by atoms with Crippen LogP contribution in [0.2, 0.25) is 0 Å². The Labute approximate surface area is 158 Å². The van der Waals surface area contributed by atoms with Gasteiger partial charge in [-0.25, -0.2) is 9.78 Å². The molecule has 0 radical (unpaired) electrons. The van der Waals surface area contributed by atoms with Crippen LogP contribution in [0.25, 0.3) is 0 Å². The summed E-state index contributed by atoms with van der Waals surface area (Å²) in [4.78, 5) is 24.3. The number of esters is 1. The van der Waals surface area contributed by atoms with Gasteiger partial charge in [0.15, 0.2) is 0 Å². The number of hydrogen-bond donors (Lipinski definition) is 0. The van der Waals surface area contributed by atoms with Gasteiger partial charge < -0.3 is 14.2 Å². The van der Waals surface area contributed by atoms with Crippen molar-refractivity contribution >= 4 is 5.97 Å².